The SMILES string of the molecule is Cc1ccc(Br)c(C(=O)N(C)C(C)CC(C)C)c1. The van der Waals surface area contributed by atoms with Gasteiger partial charge in [-0.1, -0.05) is 25.5 Å². The van der Waals surface area contributed by atoms with E-state index in [0.717, 1.165) is 22.0 Å². The molecule has 0 N–H and O–H groups in total. The summed E-state index contributed by atoms with van der Waals surface area (Å²) in [5.74, 6) is 0.676. The monoisotopic (exact) mass is 311 g/mol. The molecule has 1 atom stereocenters. The van der Waals surface area contributed by atoms with Crippen molar-refractivity contribution in [2.45, 2.75) is 40.2 Å². The van der Waals surface area contributed by atoms with Crippen LogP contribution in [0.1, 0.15) is 43.1 Å². The van der Waals surface area contributed by atoms with Gasteiger partial charge in [0.25, 0.3) is 5.91 Å². The highest BCUT2D eigenvalue weighted by atomic mass is 79.9. The normalized spacial score (nSPS) is 12.6. The number of carbonyl (C=O) groups excluding carboxylic acids is 1. The molecule has 0 radical (unpaired) electrons. The number of amides is 1. The first-order valence-corrected chi connectivity index (χ1v) is 7.15. The zero-order chi connectivity index (χ0) is 13.9. The highest BCUT2D eigenvalue weighted by Gasteiger charge is 2.20. The summed E-state index contributed by atoms with van der Waals surface area (Å²) < 4.78 is 0.863. The molecule has 0 aliphatic rings. The summed E-state index contributed by atoms with van der Waals surface area (Å²) in [6.07, 6.45) is 1.02. The third-order valence-electron chi connectivity index (χ3n) is 3.15. The van der Waals surface area contributed by atoms with Gasteiger partial charge in [-0.3, -0.25) is 4.79 Å². The molecule has 0 saturated heterocycles. The minimum Gasteiger partial charge on any atom is -0.339 e. The molecule has 0 bridgehead atoms. The van der Waals surface area contributed by atoms with E-state index < -0.39 is 0 Å². The highest BCUT2D eigenvalue weighted by Crippen LogP contribution is 2.21. The van der Waals surface area contributed by atoms with E-state index in [-0.39, 0.29) is 11.9 Å². The predicted octanol–water partition coefficient (Wildman–Crippen LogP) is 4.26. The Hall–Kier alpha value is -0.830. The molecule has 1 amide bonds. The van der Waals surface area contributed by atoms with Crippen molar-refractivity contribution < 1.29 is 4.79 Å². The first kappa shape index (κ1) is 15.2. The van der Waals surface area contributed by atoms with E-state index >= 15 is 0 Å². The molecule has 0 aliphatic heterocycles. The van der Waals surface area contributed by atoms with Crippen LogP contribution >= 0.6 is 15.9 Å². The molecule has 3 heteroatoms. The van der Waals surface area contributed by atoms with Gasteiger partial charge in [-0.15, -0.1) is 0 Å². The van der Waals surface area contributed by atoms with Crippen LogP contribution in [0.15, 0.2) is 22.7 Å². The predicted molar refractivity (Wildman–Crippen MR) is 79.9 cm³/mol. The first-order chi connectivity index (χ1) is 8.32. The summed E-state index contributed by atoms with van der Waals surface area (Å²) in [5.41, 5.74) is 1.85. The molecule has 100 valence electrons. The average Bonchev–Trinajstić information content (AvgIpc) is 2.29. The molecular weight excluding hydrogens is 290 g/mol. The molecule has 1 aromatic rings. The van der Waals surface area contributed by atoms with Crippen molar-refractivity contribution in [2.24, 2.45) is 5.92 Å². The summed E-state index contributed by atoms with van der Waals surface area (Å²) in [6, 6.07) is 6.12. The topological polar surface area (TPSA) is 20.3 Å². The van der Waals surface area contributed by atoms with E-state index in [2.05, 4.69) is 36.7 Å². The highest BCUT2D eigenvalue weighted by molar-refractivity contribution is 9.10. The molecule has 18 heavy (non-hydrogen) atoms. The Morgan fingerprint density at radius 3 is 2.50 bits per heavy atom. The fraction of sp³-hybridized carbons (Fsp3) is 0.533. The molecule has 2 nitrogen and oxygen atoms in total. The van der Waals surface area contributed by atoms with E-state index in [1.165, 1.54) is 0 Å². The van der Waals surface area contributed by atoms with Gasteiger partial charge < -0.3 is 4.90 Å². The Morgan fingerprint density at radius 1 is 1.33 bits per heavy atom. The van der Waals surface area contributed by atoms with Crippen molar-refractivity contribution in [3.63, 3.8) is 0 Å². The van der Waals surface area contributed by atoms with Crippen LogP contribution in [0.25, 0.3) is 0 Å². The Labute approximate surface area is 119 Å². The largest absolute Gasteiger partial charge is 0.339 e. The van der Waals surface area contributed by atoms with Gasteiger partial charge >= 0.3 is 0 Å². The Bertz CT molecular complexity index is 429. The lowest BCUT2D eigenvalue weighted by Gasteiger charge is -2.27. The smallest absolute Gasteiger partial charge is 0.254 e. The van der Waals surface area contributed by atoms with Crippen molar-refractivity contribution in [3.05, 3.63) is 33.8 Å². The number of aryl methyl sites for hydroxylation is 1. The van der Waals surface area contributed by atoms with Crippen LogP contribution in [0.5, 0.6) is 0 Å². The van der Waals surface area contributed by atoms with Gasteiger partial charge in [0.1, 0.15) is 0 Å². The Balaban J connectivity index is 2.89. The quantitative estimate of drug-likeness (QED) is 0.813. The van der Waals surface area contributed by atoms with Gasteiger partial charge in [0.2, 0.25) is 0 Å². The molecule has 0 spiro atoms. The summed E-state index contributed by atoms with van der Waals surface area (Å²) in [7, 11) is 1.88. The van der Waals surface area contributed by atoms with Crippen molar-refractivity contribution in [1.29, 1.82) is 0 Å². The lowest BCUT2D eigenvalue weighted by atomic mass is 10.0. The number of rotatable bonds is 4. The molecule has 0 aliphatic carbocycles. The van der Waals surface area contributed by atoms with Gasteiger partial charge in [-0.25, -0.2) is 0 Å². The molecular formula is C15H22BrNO. The van der Waals surface area contributed by atoms with Crippen LogP contribution in [0.3, 0.4) is 0 Å². The lowest BCUT2D eigenvalue weighted by Crippen LogP contribution is -2.36. The van der Waals surface area contributed by atoms with Crippen molar-refractivity contribution in [3.8, 4) is 0 Å². The lowest BCUT2D eigenvalue weighted by molar-refractivity contribution is 0.0727. The number of halogens is 1. The van der Waals surface area contributed by atoms with E-state index in [4.69, 9.17) is 0 Å². The van der Waals surface area contributed by atoms with Crippen LogP contribution in [0.4, 0.5) is 0 Å². The van der Waals surface area contributed by atoms with E-state index in [1.807, 2.05) is 37.1 Å². The van der Waals surface area contributed by atoms with Gasteiger partial charge in [0, 0.05) is 17.6 Å². The van der Waals surface area contributed by atoms with Crippen LogP contribution in [0.2, 0.25) is 0 Å². The van der Waals surface area contributed by atoms with Crippen LogP contribution < -0.4 is 0 Å². The third kappa shape index (κ3) is 3.84. The number of hydrogen-bond donors (Lipinski definition) is 0. The Morgan fingerprint density at radius 2 is 1.94 bits per heavy atom. The van der Waals surface area contributed by atoms with E-state index in [9.17, 15) is 4.79 Å². The second-order valence-corrected chi connectivity index (χ2v) is 6.23. The number of hydrogen-bond acceptors (Lipinski definition) is 1. The van der Waals surface area contributed by atoms with Gasteiger partial charge in [-0.2, -0.15) is 0 Å². The summed E-state index contributed by atoms with van der Waals surface area (Å²) in [5, 5.41) is 0. The molecule has 0 aromatic heterocycles. The number of nitrogens with zero attached hydrogens (tertiary/aromatic N) is 1. The van der Waals surface area contributed by atoms with Gasteiger partial charge in [0.05, 0.1) is 5.56 Å². The number of carbonyl (C=O) groups is 1. The maximum absolute atomic E-state index is 12.4. The molecule has 0 fully saturated rings. The third-order valence-corrected chi connectivity index (χ3v) is 3.84. The van der Waals surface area contributed by atoms with Crippen LogP contribution in [-0.4, -0.2) is 23.9 Å². The second-order valence-electron chi connectivity index (χ2n) is 5.38. The average molecular weight is 312 g/mol. The molecule has 1 rings (SSSR count). The molecule has 0 heterocycles. The zero-order valence-electron chi connectivity index (χ0n) is 11.8. The fourth-order valence-corrected chi connectivity index (χ4v) is 2.45. The standard InChI is InChI=1S/C15H22BrNO/c1-10(2)8-12(4)17(5)15(18)13-9-11(3)6-7-14(13)16/h6-7,9-10,12H,8H2,1-5H3. The minimum absolute atomic E-state index is 0.0822. The summed E-state index contributed by atoms with van der Waals surface area (Å²) >= 11 is 3.45. The van der Waals surface area contributed by atoms with Crippen LogP contribution in [-0.2, 0) is 0 Å². The minimum atomic E-state index is 0.0822. The first-order valence-electron chi connectivity index (χ1n) is 6.36. The van der Waals surface area contributed by atoms with Crippen molar-refractivity contribution >= 4 is 21.8 Å². The summed E-state index contributed by atoms with van der Waals surface area (Å²) in [6.45, 7) is 8.46. The van der Waals surface area contributed by atoms with Gasteiger partial charge in [-0.05, 0) is 54.2 Å². The molecule has 1 unspecified atom stereocenters. The van der Waals surface area contributed by atoms with E-state index in [0.29, 0.717) is 5.92 Å². The van der Waals surface area contributed by atoms with Gasteiger partial charge in [0.15, 0.2) is 0 Å². The second kappa shape index (κ2) is 6.37. The molecule has 1 aromatic carbocycles. The van der Waals surface area contributed by atoms with E-state index in [1.54, 1.807) is 0 Å². The fourth-order valence-electron chi connectivity index (χ4n) is 2.03. The maximum atomic E-state index is 12.4. The van der Waals surface area contributed by atoms with Crippen molar-refractivity contribution in [2.75, 3.05) is 7.05 Å². The van der Waals surface area contributed by atoms with Crippen molar-refractivity contribution in [1.82, 2.24) is 4.90 Å². The maximum Gasteiger partial charge on any atom is 0.254 e. The molecule has 0 saturated carbocycles. The van der Waals surface area contributed by atoms with Crippen LogP contribution in [0, 0.1) is 12.8 Å². The number of benzene rings is 1. The zero-order valence-corrected chi connectivity index (χ0v) is 13.4. The summed E-state index contributed by atoms with van der Waals surface area (Å²) in [4.78, 5) is 14.3. The Kier molecular flexibility index (Phi) is 5.39.